The third kappa shape index (κ3) is 7.70. The van der Waals surface area contributed by atoms with Gasteiger partial charge >= 0.3 is 0 Å². The Kier molecular flexibility index (Phi) is 10.1. The maximum absolute atomic E-state index is 13.3. The van der Waals surface area contributed by atoms with Crippen molar-refractivity contribution in [2.75, 3.05) is 6.54 Å². The second-order valence-corrected chi connectivity index (χ2v) is 8.70. The molecule has 4 nitrogen and oxygen atoms in total. The van der Waals surface area contributed by atoms with Crippen LogP contribution in [0.5, 0.6) is 0 Å². The van der Waals surface area contributed by atoms with Gasteiger partial charge in [0.15, 0.2) is 0 Å². The van der Waals surface area contributed by atoms with E-state index in [1.807, 2.05) is 38.1 Å². The van der Waals surface area contributed by atoms with Gasteiger partial charge in [0, 0.05) is 24.5 Å². The Hall–Kier alpha value is -2.33. The molecule has 0 aliphatic rings. The van der Waals surface area contributed by atoms with E-state index in [0.29, 0.717) is 43.3 Å². The van der Waals surface area contributed by atoms with Crippen LogP contribution in [-0.2, 0) is 22.6 Å². The molecule has 0 saturated carbocycles. The Morgan fingerprint density at radius 1 is 0.968 bits per heavy atom. The number of benzene rings is 2. The van der Waals surface area contributed by atoms with Crippen LogP contribution in [0.3, 0.4) is 0 Å². The van der Waals surface area contributed by atoms with Gasteiger partial charge in [0.05, 0.1) is 0 Å². The van der Waals surface area contributed by atoms with Gasteiger partial charge < -0.3 is 10.2 Å². The molecule has 5 heteroatoms. The largest absolute Gasteiger partial charge is 0.354 e. The lowest BCUT2D eigenvalue weighted by molar-refractivity contribution is -0.141. The van der Waals surface area contributed by atoms with Gasteiger partial charge in [0.25, 0.3) is 0 Å². The van der Waals surface area contributed by atoms with E-state index in [1.165, 1.54) is 5.56 Å². The van der Waals surface area contributed by atoms with Crippen LogP contribution < -0.4 is 5.32 Å². The summed E-state index contributed by atoms with van der Waals surface area (Å²) in [6.45, 7) is 9.30. The number of carbonyl (C=O) groups is 2. The molecule has 168 valence electrons. The Labute approximate surface area is 192 Å². The van der Waals surface area contributed by atoms with E-state index in [-0.39, 0.29) is 11.8 Å². The van der Waals surface area contributed by atoms with Gasteiger partial charge in [-0.05, 0) is 54.0 Å². The summed E-state index contributed by atoms with van der Waals surface area (Å²) in [5.41, 5.74) is 3.38. The number of nitrogens with zero attached hydrogens (tertiary/aromatic N) is 1. The molecule has 2 aromatic carbocycles. The number of carbonyl (C=O) groups excluding carboxylic acids is 2. The second kappa shape index (κ2) is 12.5. The molecule has 0 aromatic heterocycles. The highest BCUT2D eigenvalue weighted by Crippen LogP contribution is 2.18. The first kappa shape index (κ1) is 24.9. The molecule has 0 fully saturated rings. The molecule has 2 amide bonds. The number of rotatable bonds is 11. The van der Waals surface area contributed by atoms with Gasteiger partial charge in [-0.1, -0.05) is 75.7 Å². The smallest absolute Gasteiger partial charge is 0.242 e. The monoisotopic (exact) mass is 442 g/mol. The molecular weight excluding hydrogens is 408 g/mol. The SMILES string of the molecule is CCCNC(=O)[C@@H](CC)N(Cc1ccc(Cl)cc1)C(=O)CCc1ccc(C(C)C)cc1. The summed E-state index contributed by atoms with van der Waals surface area (Å²) < 4.78 is 0. The second-order valence-electron chi connectivity index (χ2n) is 8.26. The maximum atomic E-state index is 13.3. The molecule has 0 radical (unpaired) electrons. The highest BCUT2D eigenvalue weighted by Gasteiger charge is 2.28. The molecule has 31 heavy (non-hydrogen) atoms. The van der Waals surface area contributed by atoms with Crippen LogP contribution in [0, 0.1) is 0 Å². The lowest BCUT2D eigenvalue weighted by atomic mass is 10.00. The van der Waals surface area contributed by atoms with E-state index in [9.17, 15) is 9.59 Å². The van der Waals surface area contributed by atoms with Crippen LogP contribution in [0.15, 0.2) is 48.5 Å². The first-order chi connectivity index (χ1) is 14.8. The lowest BCUT2D eigenvalue weighted by Gasteiger charge is -2.31. The van der Waals surface area contributed by atoms with E-state index >= 15 is 0 Å². The molecule has 0 heterocycles. The fourth-order valence-electron chi connectivity index (χ4n) is 3.54. The van der Waals surface area contributed by atoms with Crippen LogP contribution in [0.25, 0.3) is 0 Å². The number of hydrogen-bond donors (Lipinski definition) is 1. The van der Waals surface area contributed by atoms with Crippen LogP contribution in [0.2, 0.25) is 5.02 Å². The third-order valence-corrected chi connectivity index (χ3v) is 5.73. The summed E-state index contributed by atoms with van der Waals surface area (Å²) in [6.07, 6.45) is 2.45. The quantitative estimate of drug-likeness (QED) is 0.483. The highest BCUT2D eigenvalue weighted by atomic mass is 35.5. The molecule has 1 atom stereocenters. The highest BCUT2D eigenvalue weighted by molar-refractivity contribution is 6.30. The van der Waals surface area contributed by atoms with Crippen molar-refractivity contribution in [1.29, 1.82) is 0 Å². The third-order valence-electron chi connectivity index (χ3n) is 5.48. The summed E-state index contributed by atoms with van der Waals surface area (Å²) in [5.74, 6) is 0.381. The average molecular weight is 443 g/mol. The van der Waals surface area contributed by atoms with Crippen molar-refractivity contribution in [3.05, 3.63) is 70.2 Å². The van der Waals surface area contributed by atoms with Gasteiger partial charge in [-0.3, -0.25) is 9.59 Å². The fraction of sp³-hybridized carbons (Fsp3) is 0.462. The lowest BCUT2D eigenvalue weighted by Crippen LogP contribution is -2.49. The van der Waals surface area contributed by atoms with Gasteiger partial charge in [-0.15, -0.1) is 0 Å². The van der Waals surface area contributed by atoms with E-state index < -0.39 is 6.04 Å². The predicted molar refractivity (Wildman–Crippen MR) is 128 cm³/mol. The van der Waals surface area contributed by atoms with Crippen LogP contribution in [-0.4, -0.2) is 29.3 Å². The summed E-state index contributed by atoms with van der Waals surface area (Å²) in [6, 6.07) is 15.4. The van der Waals surface area contributed by atoms with E-state index in [1.54, 1.807) is 4.90 Å². The van der Waals surface area contributed by atoms with Crippen molar-refractivity contribution in [1.82, 2.24) is 10.2 Å². The fourth-order valence-corrected chi connectivity index (χ4v) is 3.66. The Morgan fingerprint density at radius 2 is 1.58 bits per heavy atom. The number of aryl methyl sites for hydroxylation is 1. The molecule has 0 spiro atoms. The zero-order chi connectivity index (χ0) is 22.8. The molecule has 2 rings (SSSR count). The topological polar surface area (TPSA) is 49.4 Å². The molecule has 0 bridgehead atoms. The van der Waals surface area contributed by atoms with E-state index in [0.717, 1.165) is 17.5 Å². The molecule has 0 aliphatic heterocycles. The molecule has 0 unspecified atom stereocenters. The molecule has 2 aromatic rings. The Balaban J connectivity index is 2.15. The minimum Gasteiger partial charge on any atom is -0.354 e. The van der Waals surface area contributed by atoms with Crippen LogP contribution >= 0.6 is 11.6 Å². The van der Waals surface area contributed by atoms with Crippen molar-refractivity contribution < 1.29 is 9.59 Å². The molecule has 0 aliphatic carbocycles. The minimum atomic E-state index is -0.488. The van der Waals surface area contributed by atoms with E-state index in [4.69, 9.17) is 11.6 Å². The first-order valence-electron chi connectivity index (χ1n) is 11.3. The zero-order valence-corrected chi connectivity index (χ0v) is 19.9. The summed E-state index contributed by atoms with van der Waals surface area (Å²) in [7, 11) is 0. The van der Waals surface area contributed by atoms with Crippen LogP contribution in [0.1, 0.15) is 69.6 Å². The normalized spacial score (nSPS) is 11.9. The predicted octanol–water partition coefficient (Wildman–Crippen LogP) is 5.73. The Morgan fingerprint density at radius 3 is 2.13 bits per heavy atom. The van der Waals surface area contributed by atoms with Gasteiger partial charge in [-0.25, -0.2) is 0 Å². The zero-order valence-electron chi connectivity index (χ0n) is 19.2. The minimum absolute atomic E-state index is 0.0126. The van der Waals surface area contributed by atoms with Crippen molar-refractivity contribution in [3.63, 3.8) is 0 Å². The first-order valence-corrected chi connectivity index (χ1v) is 11.6. The maximum Gasteiger partial charge on any atom is 0.242 e. The number of nitrogens with one attached hydrogen (secondary N) is 1. The molecule has 1 N–H and O–H groups in total. The van der Waals surface area contributed by atoms with Gasteiger partial charge in [0.1, 0.15) is 6.04 Å². The number of amides is 2. The van der Waals surface area contributed by atoms with Crippen molar-refractivity contribution in [2.45, 2.75) is 71.9 Å². The molecule has 0 saturated heterocycles. The van der Waals surface area contributed by atoms with Crippen molar-refractivity contribution in [2.24, 2.45) is 0 Å². The van der Waals surface area contributed by atoms with Gasteiger partial charge in [0.2, 0.25) is 11.8 Å². The number of hydrogen-bond acceptors (Lipinski definition) is 2. The summed E-state index contributed by atoms with van der Waals surface area (Å²) in [4.78, 5) is 27.8. The summed E-state index contributed by atoms with van der Waals surface area (Å²) >= 11 is 6.01. The van der Waals surface area contributed by atoms with Crippen molar-refractivity contribution >= 4 is 23.4 Å². The van der Waals surface area contributed by atoms with Gasteiger partial charge in [-0.2, -0.15) is 0 Å². The standard InChI is InChI=1S/C26H35ClN2O2/c1-5-17-28-26(31)24(6-2)29(18-21-9-14-23(27)15-10-21)25(30)16-11-20-7-12-22(13-8-20)19(3)4/h7-10,12-15,19,24H,5-6,11,16-18H2,1-4H3,(H,28,31)/t24-/m1/s1. The number of halogens is 1. The Bertz CT molecular complexity index is 831. The molecular formula is C26H35ClN2O2. The summed E-state index contributed by atoms with van der Waals surface area (Å²) in [5, 5.41) is 3.60. The average Bonchev–Trinajstić information content (AvgIpc) is 2.77. The van der Waals surface area contributed by atoms with E-state index in [2.05, 4.69) is 43.4 Å². The van der Waals surface area contributed by atoms with Crippen molar-refractivity contribution in [3.8, 4) is 0 Å². The van der Waals surface area contributed by atoms with Crippen LogP contribution in [0.4, 0.5) is 0 Å².